The van der Waals surface area contributed by atoms with Crippen molar-refractivity contribution in [2.24, 2.45) is 0 Å². The molecule has 0 aliphatic heterocycles. The lowest BCUT2D eigenvalue weighted by Gasteiger charge is -2.33. The van der Waals surface area contributed by atoms with Gasteiger partial charge in [-0.25, -0.2) is 29.1 Å². The number of rotatable bonds is 17. The van der Waals surface area contributed by atoms with Gasteiger partial charge >= 0.3 is 23.3 Å². The van der Waals surface area contributed by atoms with E-state index in [4.69, 9.17) is 9.97 Å². The first-order chi connectivity index (χ1) is 30.9. The zero-order valence-corrected chi connectivity index (χ0v) is 35.6. The van der Waals surface area contributed by atoms with E-state index in [1.165, 1.54) is 38.2 Å². The first-order valence-electron chi connectivity index (χ1n) is 21.1. The van der Waals surface area contributed by atoms with Gasteiger partial charge in [-0.1, -0.05) is 70.2 Å². The SMILES string of the molecule is CCCn1c(=O)c2[nH]c(-c3cn[nH]c3C(C(=O)O)(c3ccccc3)n3c(-c4cnn(Cc5ccc(C(=O)O)cc5)c4)nc4c3c(=O)n(CCC)c(=O)n4CCC)nc2n(CCC)c1=O. The lowest BCUT2D eigenvalue weighted by atomic mass is 9.83. The quantitative estimate of drug-likeness (QED) is 0.101. The van der Waals surface area contributed by atoms with E-state index in [2.05, 4.69) is 20.3 Å². The van der Waals surface area contributed by atoms with Crippen LogP contribution in [0, 0.1) is 0 Å². The Balaban J connectivity index is 1.48. The third kappa shape index (κ3) is 6.86. The maximum Gasteiger partial charge on any atom is 0.341 e. The summed E-state index contributed by atoms with van der Waals surface area (Å²) in [5, 5.41) is 33.3. The molecule has 0 spiro atoms. The summed E-state index contributed by atoms with van der Waals surface area (Å²) in [7, 11) is 0. The van der Waals surface area contributed by atoms with E-state index in [-0.39, 0.29) is 94.6 Å². The number of aromatic amines is 2. The Labute approximate surface area is 362 Å². The summed E-state index contributed by atoms with van der Waals surface area (Å²) < 4.78 is 7.89. The van der Waals surface area contributed by atoms with Crippen LogP contribution >= 0.6 is 0 Å². The average Bonchev–Trinajstić information content (AvgIpc) is 4.12. The lowest BCUT2D eigenvalue weighted by molar-refractivity contribution is -0.143. The number of hydrogen-bond acceptors (Lipinski definition) is 10. The summed E-state index contributed by atoms with van der Waals surface area (Å²) in [6, 6.07) is 14.5. The van der Waals surface area contributed by atoms with Crippen LogP contribution in [-0.4, -0.2) is 79.9 Å². The van der Waals surface area contributed by atoms with E-state index >= 15 is 0 Å². The Morgan fingerprint density at radius 3 is 1.94 bits per heavy atom. The minimum atomic E-state index is -2.44. The molecule has 0 fully saturated rings. The molecular formula is C44H46N12O8. The minimum absolute atomic E-state index is 0.0231. The number of hydrogen-bond donors (Lipinski definition) is 4. The molecule has 6 aromatic heterocycles. The molecule has 1 unspecified atom stereocenters. The van der Waals surface area contributed by atoms with Crippen LogP contribution in [-0.2, 0) is 43.1 Å². The first-order valence-corrected chi connectivity index (χ1v) is 21.1. The number of aryl methyl sites for hydroxylation is 2. The third-order valence-electron chi connectivity index (χ3n) is 11.2. The molecule has 330 valence electrons. The predicted molar refractivity (Wildman–Crippen MR) is 236 cm³/mol. The monoisotopic (exact) mass is 870 g/mol. The van der Waals surface area contributed by atoms with Crippen LogP contribution in [0.2, 0.25) is 0 Å². The highest BCUT2D eigenvalue weighted by Crippen LogP contribution is 2.43. The highest BCUT2D eigenvalue weighted by atomic mass is 16.4. The van der Waals surface area contributed by atoms with Crippen molar-refractivity contribution in [2.45, 2.75) is 91.6 Å². The molecule has 64 heavy (non-hydrogen) atoms. The Hall–Kier alpha value is -7.90. The number of nitrogens with one attached hydrogen (secondary N) is 2. The number of aromatic carboxylic acids is 1. The van der Waals surface area contributed by atoms with Gasteiger partial charge < -0.3 is 15.2 Å². The zero-order chi connectivity index (χ0) is 45.4. The summed E-state index contributed by atoms with van der Waals surface area (Å²) in [6.45, 7) is 8.21. The Bertz CT molecular complexity index is 3310. The van der Waals surface area contributed by atoms with Crippen molar-refractivity contribution in [3.63, 3.8) is 0 Å². The van der Waals surface area contributed by atoms with Crippen molar-refractivity contribution in [2.75, 3.05) is 0 Å². The molecule has 8 rings (SSSR count). The van der Waals surface area contributed by atoms with E-state index in [1.54, 1.807) is 53.3 Å². The van der Waals surface area contributed by atoms with Crippen molar-refractivity contribution < 1.29 is 19.8 Å². The molecule has 0 aliphatic carbocycles. The fraction of sp³-hybridized carbons (Fsp3) is 0.318. The molecule has 0 saturated carbocycles. The van der Waals surface area contributed by atoms with Gasteiger partial charge in [-0.05, 0) is 48.9 Å². The lowest BCUT2D eigenvalue weighted by Crippen LogP contribution is -2.48. The molecule has 0 bridgehead atoms. The molecule has 20 heteroatoms. The number of benzene rings is 2. The van der Waals surface area contributed by atoms with Gasteiger partial charge in [0, 0.05) is 32.4 Å². The van der Waals surface area contributed by atoms with Gasteiger partial charge in [0.25, 0.3) is 11.1 Å². The average molecular weight is 871 g/mol. The number of aliphatic carboxylic acids is 1. The van der Waals surface area contributed by atoms with Crippen molar-refractivity contribution in [3.8, 4) is 22.8 Å². The van der Waals surface area contributed by atoms with Gasteiger partial charge in [0.15, 0.2) is 16.8 Å². The number of aromatic nitrogens is 12. The van der Waals surface area contributed by atoms with E-state index in [0.29, 0.717) is 25.7 Å². The van der Waals surface area contributed by atoms with E-state index in [0.717, 1.165) is 14.7 Å². The zero-order valence-electron chi connectivity index (χ0n) is 35.6. The number of carboxylic acids is 2. The van der Waals surface area contributed by atoms with Crippen LogP contribution in [0.3, 0.4) is 0 Å². The van der Waals surface area contributed by atoms with Gasteiger partial charge in [0.05, 0.1) is 41.3 Å². The van der Waals surface area contributed by atoms with E-state index in [9.17, 15) is 39.0 Å². The second kappa shape index (κ2) is 17.1. The van der Waals surface area contributed by atoms with Gasteiger partial charge in [-0.15, -0.1) is 0 Å². The molecule has 4 N–H and O–H groups in total. The fourth-order valence-corrected chi connectivity index (χ4v) is 8.38. The standard InChI is InChI=1S/C44H46N12O8/c1-5-18-52-36-31(38(57)54(20-7-3)42(52)63)47-34(48-36)30-23-45-50-33(30)44(41(61)62,29-12-10-9-11-13-29)56-32-37(53(19-6-2)43(64)55(21-8-4)39(32)58)49-35(56)28-22-46-51(25-28)24-26-14-16-27(17-15-26)40(59)60/h9-17,22-23,25H,5-8,18-21,24H2,1-4H3,(H,45,50)(H,47,48)(H,59,60)(H,61,62). The second-order valence-electron chi connectivity index (χ2n) is 15.5. The maximum absolute atomic E-state index is 15.0. The van der Waals surface area contributed by atoms with Crippen LogP contribution in [0.5, 0.6) is 0 Å². The second-order valence-corrected chi connectivity index (χ2v) is 15.5. The molecule has 2 aromatic carbocycles. The number of nitrogens with zero attached hydrogens (tertiary/aromatic N) is 10. The number of imidazole rings is 2. The summed E-state index contributed by atoms with van der Waals surface area (Å²) >= 11 is 0. The van der Waals surface area contributed by atoms with Crippen LogP contribution in [0.1, 0.15) is 80.6 Å². The highest BCUT2D eigenvalue weighted by molar-refractivity contribution is 5.93. The highest BCUT2D eigenvalue weighted by Gasteiger charge is 2.51. The van der Waals surface area contributed by atoms with Crippen molar-refractivity contribution in [1.82, 2.24) is 57.8 Å². The summed E-state index contributed by atoms with van der Waals surface area (Å²) in [4.78, 5) is 95.8. The largest absolute Gasteiger partial charge is 0.479 e. The van der Waals surface area contributed by atoms with Crippen LogP contribution in [0.25, 0.3) is 45.1 Å². The van der Waals surface area contributed by atoms with Crippen LogP contribution in [0.4, 0.5) is 0 Å². The van der Waals surface area contributed by atoms with Gasteiger partial charge in [-0.3, -0.25) is 42.2 Å². The smallest absolute Gasteiger partial charge is 0.341 e. The molecule has 0 radical (unpaired) electrons. The number of carboxylic acid groups (broad SMARTS) is 2. The molecular weight excluding hydrogens is 825 g/mol. The van der Waals surface area contributed by atoms with E-state index < -0.39 is 40.0 Å². The van der Waals surface area contributed by atoms with Crippen LogP contribution in [0.15, 0.2) is 92.4 Å². The minimum Gasteiger partial charge on any atom is -0.479 e. The van der Waals surface area contributed by atoms with Crippen molar-refractivity contribution in [1.29, 1.82) is 0 Å². The molecule has 0 saturated heterocycles. The Morgan fingerprint density at radius 1 is 0.719 bits per heavy atom. The Kier molecular flexibility index (Phi) is 11.4. The number of carbonyl (C=O) groups is 2. The van der Waals surface area contributed by atoms with Gasteiger partial charge in [0.1, 0.15) is 17.2 Å². The van der Waals surface area contributed by atoms with E-state index in [1.807, 2.05) is 27.7 Å². The number of H-pyrrole nitrogens is 2. The number of fused-ring (bicyclic) bond motifs is 2. The summed E-state index contributed by atoms with van der Waals surface area (Å²) in [5.74, 6) is -2.56. The normalized spacial score (nSPS) is 12.6. The summed E-state index contributed by atoms with van der Waals surface area (Å²) in [6.07, 6.45) is 6.40. The van der Waals surface area contributed by atoms with Crippen molar-refractivity contribution in [3.05, 3.63) is 137 Å². The fourth-order valence-electron chi connectivity index (χ4n) is 8.38. The maximum atomic E-state index is 15.0. The molecule has 20 nitrogen and oxygen atoms in total. The molecule has 6 heterocycles. The molecule has 8 aromatic rings. The summed E-state index contributed by atoms with van der Waals surface area (Å²) in [5.41, 5.74) is -3.78. The van der Waals surface area contributed by atoms with Crippen molar-refractivity contribution >= 4 is 34.3 Å². The third-order valence-corrected chi connectivity index (χ3v) is 11.2. The molecule has 0 aliphatic rings. The molecule has 1 atom stereocenters. The van der Waals surface area contributed by atoms with Crippen LogP contribution < -0.4 is 22.5 Å². The Morgan fingerprint density at radius 2 is 1.33 bits per heavy atom. The van der Waals surface area contributed by atoms with Gasteiger partial charge in [-0.2, -0.15) is 10.2 Å². The predicted octanol–water partition coefficient (Wildman–Crippen LogP) is 4.08. The molecule has 0 amide bonds. The first kappa shape index (κ1) is 42.8. The van der Waals surface area contributed by atoms with Gasteiger partial charge in [0.2, 0.25) is 5.54 Å². The topological polar surface area (TPSA) is 256 Å².